The zero-order chi connectivity index (χ0) is 14.8. The fraction of sp³-hybridized carbons (Fsp3) is 0.562. The molecule has 20 heavy (non-hydrogen) atoms. The standard InChI is InChI=1S/C16H20BrFO2/c1-2-11-5-4-8-16(9-11,15(19)20)10-12-6-3-7-13(18)14(12)17/h3,6-7,11H,2,4-5,8-10H2,1H3,(H,19,20). The molecule has 0 heterocycles. The Balaban J connectivity index is 2.30. The van der Waals surface area contributed by atoms with Gasteiger partial charge in [-0.2, -0.15) is 0 Å². The lowest BCUT2D eigenvalue weighted by Crippen LogP contribution is -2.38. The second kappa shape index (κ2) is 6.25. The first-order chi connectivity index (χ1) is 9.48. The van der Waals surface area contributed by atoms with Gasteiger partial charge in [-0.3, -0.25) is 4.79 Å². The van der Waals surface area contributed by atoms with Crippen LogP contribution in [0.2, 0.25) is 0 Å². The van der Waals surface area contributed by atoms with Crippen LogP contribution in [0.25, 0.3) is 0 Å². The average molecular weight is 343 g/mol. The van der Waals surface area contributed by atoms with Gasteiger partial charge in [-0.05, 0) is 52.7 Å². The van der Waals surface area contributed by atoms with Crippen LogP contribution in [0.1, 0.15) is 44.6 Å². The van der Waals surface area contributed by atoms with E-state index in [-0.39, 0.29) is 5.82 Å². The van der Waals surface area contributed by atoms with Crippen molar-refractivity contribution in [2.24, 2.45) is 11.3 Å². The summed E-state index contributed by atoms with van der Waals surface area (Å²) in [6, 6.07) is 4.84. The van der Waals surface area contributed by atoms with Gasteiger partial charge in [0.2, 0.25) is 0 Å². The number of carbonyl (C=O) groups is 1. The second-order valence-corrected chi connectivity index (χ2v) is 6.64. The molecule has 1 N–H and O–H groups in total. The van der Waals surface area contributed by atoms with Crippen LogP contribution in [0.5, 0.6) is 0 Å². The third-order valence-corrected chi connectivity index (χ3v) is 5.43. The fourth-order valence-corrected chi connectivity index (χ4v) is 3.72. The number of carboxylic acids is 1. The minimum Gasteiger partial charge on any atom is -0.481 e. The number of hydrogen-bond acceptors (Lipinski definition) is 1. The normalized spacial score (nSPS) is 26.4. The van der Waals surface area contributed by atoms with Crippen LogP contribution >= 0.6 is 15.9 Å². The summed E-state index contributed by atoms with van der Waals surface area (Å²) in [7, 11) is 0. The fourth-order valence-electron chi connectivity index (χ4n) is 3.31. The Hall–Kier alpha value is -0.900. The third kappa shape index (κ3) is 3.05. The minimum absolute atomic E-state index is 0.328. The first-order valence-corrected chi connectivity index (χ1v) is 7.94. The number of benzene rings is 1. The predicted molar refractivity (Wildman–Crippen MR) is 80.1 cm³/mol. The van der Waals surface area contributed by atoms with Gasteiger partial charge in [0, 0.05) is 0 Å². The van der Waals surface area contributed by atoms with E-state index in [0.717, 1.165) is 24.8 Å². The van der Waals surface area contributed by atoms with E-state index in [1.165, 1.54) is 6.07 Å². The number of halogens is 2. The van der Waals surface area contributed by atoms with Crippen LogP contribution in [0.3, 0.4) is 0 Å². The van der Waals surface area contributed by atoms with Gasteiger partial charge in [0.25, 0.3) is 0 Å². The van der Waals surface area contributed by atoms with E-state index in [1.54, 1.807) is 6.07 Å². The van der Waals surface area contributed by atoms with Gasteiger partial charge >= 0.3 is 5.97 Å². The molecule has 1 aromatic carbocycles. The maximum atomic E-state index is 13.6. The second-order valence-electron chi connectivity index (χ2n) is 5.85. The Bertz CT molecular complexity index is 503. The summed E-state index contributed by atoms with van der Waals surface area (Å²) in [5.74, 6) is -0.607. The van der Waals surface area contributed by atoms with E-state index in [1.807, 2.05) is 6.07 Å². The molecule has 1 aliphatic carbocycles. The Labute approximate surface area is 127 Å². The molecule has 0 radical (unpaired) electrons. The molecule has 0 aliphatic heterocycles. The van der Waals surface area contributed by atoms with Gasteiger partial charge in [-0.15, -0.1) is 0 Å². The third-order valence-electron chi connectivity index (χ3n) is 4.54. The van der Waals surface area contributed by atoms with Crippen molar-refractivity contribution in [3.8, 4) is 0 Å². The molecule has 0 aromatic heterocycles. The molecule has 2 unspecified atom stereocenters. The molecule has 0 bridgehead atoms. The molecular formula is C16H20BrFO2. The van der Waals surface area contributed by atoms with E-state index in [0.29, 0.717) is 29.7 Å². The lowest BCUT2D eigenvalue weighted by atomic mass is 9.66. The average Bonchev–Trinajstić information content (AvgIpc) is 2.44. The Kier molecular flexibility index (Phi) is 4.84. The van der Waals surface area contributed by atoms with Crippen molar-refractivity contribution in [1.29, 1.82) is 0 Å². The van der Waals surface area contributed by atoms with Crippen molar-refractivity contribution in [3.63, 3.8) is 0 Å². The van der Waals surface area contributed by atoms with Gasteiger partial charge in [0.1, 0.15) is 5.82 Å². The molecule has 1 fully saturated rings. The van der Waals surface area contributed by atoms with Crippen molar-refractivity contribution in [1.82, 2.24) is 0 Å². The van der Waals surface area contributed by atoms with Crippen molar-refractivity contribution in [3.05, 3.63) is 34.1 Å². The zero-order valence-corrected chi connectivity index (χ0v) is 13.2. The van der Waals surface area contributed by atoms with E-state index in [2.05, 4.69) is 22.9 Å². The highest BCUT2D eigenvalue weighted by molar-refractivity contribution is 9.10. The summed E-state index contributed by atoms with van der Waals surface area (Å²) in [6.45, 7) is 2.11. The smallest absolute Gasteiger partial charge is 0.309 e. The summed E-state index contributed by atoms with van der Waals surface area (Å²) < 4.78 is 14.0. The van der Waals surface area contributed by atoms with Gasteiger partial charge in [0.05, 0.1) is 9.89 Å². The quantitative estimate of drug-likeness (QED) is 0.852. The molecule has 2 atom stereocenters. The molecule has 2 nitrogen and oxygen atoms in total. The largest absolute Gasteiger partial charge is 0.481 e. The van der Waals surface area contributed by atoms with E-state index in [9.17, 15) is 14.3 Å². The number of aliphatic carboxylic acids is 1. The minimum atomic E-state index is -0.744. The molecule has 0 spiro atoms. The van der Waals surface area contributed by atoms with Gasteiger partial charge in [0.15, 0.2) is 0 Å². The summed E-state index contributed by atoms with van der Waals surface area (Å²) in [5.41, 5.74) is 0.0130. The molecule has 0 saturated heterocycles. The van der Waals surface area contributed by atoms with Crippen molar-refractivity contribution >= 4 is 21.9 Å². The van der Waals surface area contributed by atoms with Crippen LogP contribution in [0, 0.1) is 17.2 Å². The van der Waals surface area contributed by atoms with Crippen LogP contribution in [-0.4, -0.2) is 11.1 Å². The highest BCUT2D eigenvalue weighted by atomic mass is 79.9. The van der Waals surface area contributed by atoms with Crippen molar-refractivity contribution in [2.75, 3.05) is 0 Å². The Morgan fingerprint density at radius 3 is 2.95 bits per heavy atom. The van der Waals surface area contributed by atoms with Crippen molar-refractivity contribution in [2.45, 2.75) is 45.4 Å². The van der Waals surface area contributed by atoms with Crippen molar-refractivity contribution < 1.29 is 14.3 Å². The number of carboxylic acid groups (broad SMARTS) is 1. The summed E-state index contributed by atoms with van der Waals surface area (Å²) in [5, 5.41) is 9.71. The van der Waals surface area contributed by atoms with Crippen LogP contribution in [0.15, 0.2) is 22.7 Å². The van der Waals surface area contributed by atoms with E-state index < -0.39 is 11.4 Å². The molecule has 0 amide bonds. The molecule has 2 rings (SSSR count). The maximum absolute atomic E-state index is 13.6. The number of rotatable bonds is 4. The first kappa shape index (κ1) is 15.5. The van der Waals surface area contributed by atoms with E-state index >= 15 is 0 Å². The van der Waals surface area contributed by atoms with Crippen LogP contribution in [-0.2, 0) is 11.2 Å². The lowest BCUT2D eigenvalue weighted by Gasteiger charge is -2.37. The monoisotopic (exact) mass is 342 g/mol. The highest BCUT2D eigenvalue weighted by Crippen LogP contribution is 2.44. The summed E-state index contributed by atoms with van der Waals surface area (Å²) >= 11 is 3.24. The predicted octanol–water partition coefficient (Wildman–Crippen LogP) is 4.80. The Morgan fingerprint density at radius 1 is 1.55 bits per heavy atom. The SMILES string of the molecule is CCC1CCCC(Cc2cccc(F)c2Br)(C(=O)O)C1. The first-order valence-electron chi connectivity index (χ1n) is 7.15. The van der Waals surface area contributed by atoms with Gasteiger partial charge < -0.3 is 5.11 Å². The van der Waals surface area contributed by atoms with E-state index in [4.69, 9.17) is 0 Å². The van der Waals surface area contributed by atoms with Gasteiger partial charge in [-0.1, -0.05) is 38.3 Å². The molecule has 4 heteroatoms. The number of hydrogen-bond donors (Lipinski definition) is 1. The summed E-state index contributed by atoms with van der Waals surface area (Å²) in [6.07, 6.45) is 4.84. The maximum Gasteiger partial charge on any atom is 0.309 e. The zero-order valence-electron chi connectivity index (χ0n) is 11.7. The molecule has 110 valence electrons. The molecule has 1 saturated carbocycles. The summed E-state index contributed by atoms with van der Waals surface area (Å²) in [4.78, 5) is 11.8. The Morgan fingerprint density at radius 2 is 2.30 bits per heavy atom. The van der Waals surface area contributed by atoms with Crippen LogP contribution in [0.4, 0.5) is 4.39 Å². The lowest BCUT2D eigenvalue weighted by molar-refractivity contribution is -0.152. The van der Waals surface area contributed by atoms with Gasteiger partial charge in [-0.25, -0.2) is 4.39 Å². The molecule has 1 aliphatic rings. The topological polar surface area (TPSA) is 37.3 Å². The highest BCUT2D eigenvalue weighted by Gasteiger charge is 2.42. The molecule has 1 aromatic rings. The molecular weight excluding hydrogens is 323 g/mol. The van der Waals surface area contributed by atoms with Crippen LogP contribution < -0.4 is 0 Å².